The van der Waals surface area contributed by atoms with E-state index >= 15 is 0 Å². The summed E-state index contributed by atoms with van der Waals surface area (Å²) < 4.78 is 0. The van der Waals surface area contributed by atoms with Gasteiger partial charge in [-0.1, -0.05) is 0 Å². The largest absolute Gasteiger partial charge is 0.333 e. The first-order valence-corrected chi connectivity index (χ1v) is 8.79. The SMILES string of the molecule is O=C(c1cc2c(s1)CCC2)N(CC1CCCN1)C1CC1. The first kappa shape index (κ1) is 12.8. The Morgan fingerprint density at radius 2 is 2.20 bits per heavy atom. The molecule has 1 saturated carbocycles. The minimum atomic E-state index is 0.292. The molecule has 20 heavy (non-hydrogen) atoms. The van der Waals surface area contributed by atoms with Crippen LogP contribution in [0.4, 0.5) is 0 Å². The van der Waals surface area contributed by atoms with Gasteiger partial charge in [0.1, 0.15) is 0 Å². The summed E-state index contributed by atoms with van der Waals surface area (Å²) in [4.78, 5) is 17.4. The molecule has 2 heterocycles. The van der Waals surface area contributed by atoms with Crippen molar-refractivity contribution in [3.63, 3.8) is 0 Å². The van der Waals surface area contributed by atoms with E-state index in [9.17, 15) is 4.79 Å². The fourth-order valence-electron chi connectivity index (χ4n) is 3.51. The highest BCUT2D eigenvalue weighted by Crippen LogP contribution is 2.34. The van der Waals surface area contributed by atoms with Gasteiger partial charge in [-0.15, -0.1) is 11.3 Å². The molecule has 0 bridgehead atoms. The van der Waals surface area contributed by atoms with Gasteiger partial charge in [0.15, 0.2) is 0 Å². The number of thiophene rings is 1. The molecule has 1 aromatic rings. The average molecular weight is 290 g/mol. The molecule has 1 atom stereocenters. The molecule has 0 aromatic carbocycles. The van der Waals surface area contributed by atoms with Crippen LogP contribution in [0.1, 0.15) is 52.2 Å². The summed E-state index contributed by atoms with van der Waals surface area (Å²) in [7, 11) is 0. The predicted molar refractivity (Wildman–Crippen MR) is 81.4 cm³/mol. The molecule has 4 rings (SSSR count). The Morgan fingerprint density at radius 1 is 1.30 bits per heavy atom. The maximum absolute atomic E-state index is 12.8. The third kappa shape index (κ3) is 2.40. The van der Waals surface area contributed by atoms with Gasteiger partial charge in [0.25, 0.3) is 5.91 Å². The van der Waals surface area contributed by atoms with Crippen LogP contribution in [0.15, 0.2) is 6.07 Å². The molecule has 1 amide bonds. The van der Waals surface area contributed by atoms with E-state index in [0.717, 1.165) is 18.0 Å². The topological polar surface area (TPSA) is 32.3 Å². The lowest BCUT2D eigenvalue weighted by Crippen LogP contribution is -2.42. The number of hydrogen-bond acceptors (Lipinski definition) is 3. The molecule has 108 valence electrons. The maximum Gasteiger partial charge on any atom is 0.264 e. The highest BCUT2D eigenvalue weighted by molar-refractivity contribution is 7.14. The van der Waals surface area contributed by atoms with E-state index in [2.05, 4.69) is 16.3 Å². The number of nitrogens with one attached hydrogen (secondary N) is 1. The van der Waals surface area contributed by atoms with E-state index in [-0.39, 0.29) is 0 Å². The summed E-state index contributed by atoms with van der Waals surface area (Å²) in [5, 5.41) is 3.52. The van der Waals surface area contributed by atoms with Crippen molar-refractivity contribution >= 4 is 17.2 Å². The van der Waals surface area contributed by atoms with Gasteiger partial charge in [-0.25, -0.2) is 0 Å². The second kappa shape index (κ2) is 5.15. The lowest BCUT2D eigenvalue weighted by atomic mass is 10.2. The number of carbonyl (C=O) groups excluding carboxylic acids is 1. The fraction of sp³-hybridized carbons (Fsp3) is 0.688. The molecular weight excluding hydrogens is 268 g/mol. The Morgan fingerprint density at radius 3 is 2.90 bits per heavy atom. The van der Waals surface area contributed by atoms with Crippen molar-refractivity contribution in [2.75, 3.05) is 13.1 Å². The van der Waals surface area contributed by atoms with E-state index in [1.807, 2.05) is 0 Å². The van der Waals surface area contributed by atoms with Crippen molar-refractivity contribution in [2.24, 2.45) is 0 Å². The van der Waals surface area contributed by atoms with Crippen molar-refractivity contribution in [1.29, 1.82) is 0 Å². The van der Waals surface area contributed by atoms with Crippen LogP contribution in [0.2, 0.25) is 0 Å². The van der Waals surface area contributed by atoms with E-state index in [1.165, 1.54) is 55.4 Å². The Kier molecular flexibility index (Phi) is 3.31. The summed E-state index contributed by atoms with van der Waals surface area (Å²) in [5.74, 6) is 0.292. The predicted octanol–water partition coefficient (Wildman–Crippen LogP) is 2.59. The molecule has 1 N–H and O–H groups in total. The molecule has 0 radical (unpaired) electrons. The summed E-state index contributed by atoms with van der Waals surface area (Å²) in [5.41, 5.74) is 1.44. The second-order valence-corrected chi connectivity index (χ2v) is 7.53. The van der Waals surface area contributed by atoms with Gasteiger partial charge in [-0.2, -0.15) is 0 Å². The van der Waals surface area contributed by atoms with Crippen molar-refractivity contribution in [3.8, 4) is 0 Å². The number of aryl methyl sites for hydroxylation is 2. The molecule has 2 fully saturated rings. The number of fused-ring (bicyclic) bond motifs is 1. The van der Waals surface area contributed by atoms with Gasteiger partial charge in [0.2, 0.25) is 0 Å². The third-order valence-corrected chi connectivity index (χ3v) is 6.01. The zero-order valence-corrected chi connectivity index (χ0v) is 12.7. The second-order valence-electron chi connectivity index (χ2n) is 6.39. The van der Waals surface area contributed by atoms with Gasteiger partial charge < -0.3 is 10.2 Å². The third-order valence-electron chi connectivity index (χ3n) is 4.79. The molecule has 3 aliphatic rings. The lowest BCUT2D eigenvalue weighted by molar-refractivity contribution is 0.0733. The van der Waals surface area contributed by atoms with E-state index in [0.29, 0.717) is 18.0 Å². The summed E-state index contributed by atoms with van der Waals surface area (Å²) in [6.07, 6.45) is 8.50. The summed E-state index contributed by atoms with van der Waals surface area (Å²) in [6.45, 7) is 2.02. The van der Waals surface area contributed by atoms with Gasteiger partial charge in [-0.3, -0.25) is 4.79 Å². The molecule has 1 aromatic heterocycles. The van der Waals surface area contributed by atoms with Crippen molar-refractivity contribution in [2.45, 2.75) is 57.0 Å². The molecule has 4 heteroatoms. The molecule has 1 unspecified atom stereocenters. The minimum absolute atomic E-state index is 0.292. The average Bonchev–Trinajstić information content (AvgIpc) is 2.87. The standard InChI is InChI=1S/C16H22N2OS/c19-16(15-9-11-3-1-5-14(11)20-15)18(13-6-7-13)10-12-4-2-8-17-12/h9,12-13,17H,1-8,10H2. The Balaban J connectivity index is 1.51. The van der Waals surface area contributed by atoms with Crippen LogP contribution < -0.4 is 5.32 Å². The van der Waals surface area contributed by atoms with Gasteiger partial charge in [0, 0.05) is 23.5 Å². The number of carbonyl (C=O) groups is 1. The minimum Gasteiger partial charge on any atom is -0.333 e. The van der Waals surface area contributed by atoms with Crippen molar-refractivity contribution < 1.29 is 4.79 Å². The summed E-state index contributed by atoms with van der Waals surface area (Å²) >= 11 is 1.75. The van der Waals surface area contributed by atoms with Gasteiger partial charge >= 0.3 is 0 Å². The molecule has 1 aliphatic heterocycles. The van der Waals surface area contributed by atoms with E-state index in [4.69, 9.17) is 0 Å². The zero-order chi connectivity index (χ0) is 13.5. The highest BCUT2D eigenvalue weighted by Gasteiger charge is 2.36. The molecule has 1 saturated heterocycles. The molecule has 0 spiro atoms. The smallest absolute Gasteiger partial charge is 0.264 e. The van der Waals surface area contributed by atoms with E-state index < -0.39 is 0 Å². The Hall–Kier alpha value is -0.870. The molecular formula is C16H22N2OS. The number of rotatable bonds is 4. The van der Waals surface area contributed by atoms with Crippen LogP contribution in [0, 0.1) is 0 Å². The van der Waals surface area contributed by atoms with Crippen molar-refractivity contribution in [1.82, 2.24) is 10.2 Å². The van der Waals surface area contributed by atoms with Gasteiger partial charge in [-0.05, 0) is 63.1 Å². The molecule has 3 nitrogen and oxygen atoms in total. The zero-order valence-electron chi connectivity index (χ0n) is 11.9. The quantitative estimate of drug-likeness (QED) is 0.924. The lowest BCUT2D eigenvalue weighted by Gasteiger charge is -2.25. The van der Waals surface area contributed by atoms with Crippen LogP contribution in [0.25, 0.3) is 0 Å². The Labute approximate surface area is 124 Å². The van der Waals surface area contributed by atoms with Crippen LogP contribution in [-0.2, 0) is 12.8 Å². The van der Waals surface area contributed by atoms with Gasteiger partial charge in [0.05, 0.1) is 4.88 Å². The van der Waals surface area contributed by atoms with Crippen LogP contribution in [0.3, 0.4) is 0 Å². The first-order chi connectivity index (χ1) is 9.81. The molecule has 2 aliphatic carbocycles. The highest BCUT2D eigenvalue weighted by atomic mass is 32.1. The van der Waals surface area contributed by atoms with Crippen LogP contribution in [-0.4, -0.2) is 36.0 Å². The number of nitrogens with zero attached hydrogens (tertiary/aromatic N) is 1. The van der Waals surface area contributed by atoms with Crippen LogP contribution >= 0.6 is 11.3 Å². The first-order valence-electron chi connectivity index (χ1n) is 7.97. The van der Waals surface area contributed by atoms with E-state index in [1.54, 1.807) is 11.3 Å². The summed E-state index contributed by atoms with van der Waals surface area (Å²) in [6, 6.07) is 3.21. The Bertz CT molecular complexity index is 493. The number of hydrogen-bond donors (Lipinski definition) is 1. The van der Waals surface area contributed by atoms with Crippen molar-refractivity contribution in [3.05, 3.63) is 21.4 Å². The monoisotopic (exact) mass is 290 g/mol. The van der Waals surface area contributed by atoms with Crippen LogP contribution in [0.5, 0.6) is 0 Å². The normalized spacial score (nSPS) is 24.9. The fourth-order valence-corrected chi connectivity index (χ4v) is 4.72. The maximum atomic E-state index is 12.8. The number of amides is 1.